The number of para-hydroxylation sites is 1. The molecule has 2 aromatic rings. The van der Waals surface area contributed by atoms with Crippen LogP contribution in [0.1, 0.15) is 25.0 Å². The van der Waals surface area contributed by atoms with Crippen LogP contribution in [0.5, 0.6) is 5.75 Å². The van der Waals surface area contributed by atoms with Crippen molar-refractivity contribution < 1.29 is 9.53 Å². The van der Waals surface area contributed by atoms with Crippen LogP contribution in [0.2, 0.25) is 0 Å². The molecule has 0 spiro atoms. The van der Waals surface area contributed by atoms with Gasteiger partial charge in [0.2, 0.25) is 0 Å². The Labute approximate surface area is 148 Å². The van der Waals surface area contributed by atoms with Crippen LogP contribution < -0.4 is 15.4 Å². The summed E-state index contributed by atoms with van der Waals surface area (Å²) in [4.78, 5) is 12.0. The minimum absolute atomic E-state index is 0.220. The van der Waals surface area contributed by atoms with Gasteiger partial charge in [-0.25, -0.2) is 4.79 Å². The fraction of sp³-hybridized carbons (Fsp3) is 0.300. The first-order valence-electron chi connectivity index (χ1n) is 8.30. The molecule has 0 bridgehead atoms. The highest BCUT2D eigenvalue weighted by atomic mass is 16.5. The van der Waals surface area contributed by atoms with E-state index < -0.39 is 0 Å². The lowest BCUT2D eigenvalue weighted by molar-refractivity contribution is 0.250. The molecule has 2 amide bonds. The van der Waals surface area contributed by atoms with E-state index in [4.69, 9.17) is 10.00 Å². The van der Waals surface area contributed by atoms with Crippen LogP contribution >= 0.6 is 0 Å². The van der Waals surface area contributed by atoms with Gasteiger partial charge >= 0.3 is 6.03 Å². The Morgan fingerprint density at radius 3 is 2.56 bits per heavy atom. The molecule has 5 heteroatoms. The van der Waals surface area contributed by atoms with Gasteiger partial charge < -0.3 is 15.4 Å². The standard InChI is InChI=1S/C20H23N3O2/c1-15(2)13-22-20(24)23-19-6-4-3-5-17(19)14-25-18-9-7-16(8-10-18)11-12-21/h3-10,15H,11,13-14H2,1-2H3,(H2,22,23,24). The quantitative estimate of drug-likeness (QED) is 0.798. The normalized spacial score (nSPS) is 10.2. The molecule has 0 unspecified atom stereocenters. The number of nitrogens with one attached hydrogen (secondary N) is 2. The molecule has 0 fully saturated rings. The van der Waals surface area contributed by atoms with Gasteiger partial charge in [0.25, 0.3) is 0 Å². The summed E-state index contributed by atoms with van der Waals surface area (Å²) in [5.41, 5.74) is 2.58. The summed E-state index contributed by atoms with van der Waals surface area (Å²) in [6.07, 6.45) is 0.387. The lowest BCUT2D eigenvalue weighted by atomic mass is 10.1. The zero-order valence-corrected chi connectivity index (χ0v) is 14.6. The molecule has 0 atom stereocenters. The number of anilines is 1. The Hall–Kier alpha value is -3.00. The number of carbonyl (C=O) groups excluding carboxylic acids is 1. The van der Waals surface area contributed by atoms with E-state index in [0.717, 1.165) is 22.6 Å². The van der Waals surface area contributed by atoms with Crippen molar-refractivity contribution in [3.63, 3.8) is 0 Å². The summed E-state index contributed by atoms with van der Waals surface area (Å²) in [6.45, 7) is 5.06. The second-order valence-corrected chi connectivity index (χ2v) is 6.15. The fourth-order valence-electron chi connectivity index (χ4n) is 2.19. The van der Waals surface area contributed by atoms with E-state index in [2.05, 4.69) is 16.7 Å². The summed E-state index contributed by atoms with van der Waals surface area (Å²) < 4.78 is 5.79. The van der Waals surface area contributed by atoms with Crippen molar-refractivity contribution in [2.75, 3.05) is 11.9 Å². The highest BCUT2D eigenvalue weighted by molar-refractivity contribution is 5.90. The van der Waals surface area contributed by atoms with Gasteiger partial charge in [0.15, 0.2) is 0 Å². The first-order valence-corrected chi connectivity index (χ1v) is 8.30. The molecular formula is C20H23N3O2. The lowest BCUT2D eigenvalue weighted by Gasteiger charge is -2.14. The molecule has 2 rings (SSSR count). The Bertz CT molecular complexity index is 733. The van der Waals surface area contributed by atoms with Crippen LogP contribution in [0.4, 0.5) is 10.5 Å². The molecule has 130 valence electrons. The number of rotatable bonds is 7. The average molecular weight is 337 g/mol. The van der Waals surface area contributed by atoms with E-state index in [1.165, 1.54) is 0 Å². The number of nitriles is 1. The summed E-state index contributed by atoms with van der Waals surface area (Å²) >= 11 is 0. The molecule has 2 aromatic carbocycles. The van der Waals surface area contributed by atoms with Crippen LogP contribution in [0, 0.1) is 17.2 Å². The maximum atomic E-state index is 12.0. The molecule has 0 heterocycles. The lowest BCUT2D eigenvalue weighted by Crippen LogP contribution is -2.32. The van der Waals surface area contributed by atoms with Crippen LogP contribution in [0.15, 0.2) is 48.5 Å². The van der Waals surface area contributed by atoms with Gasteiger partial charge in [-0.2, -0.15) is 5.26 Å². The molecule has 5 nitrogen and oxygen atoms in total. The third kappa shape index (κ3) is 6.19. The number of hydrogen-bond donors (Lipinski definition) is 2. The monoisotopic (exact) mass is 337 g/mol. The third-order valence-electron chi connectivity index (χ3n) is 3.54. The molecule has 0 aliphatic carbocycles. The summed E-state index contributed by atoms with van der Waals surface area (Å²) in [7, 11) is 0. The van der Waals surface area contributed by atoms with Crippen molar-refractivity contribution in [2.24, 2.45) is 5.92 Å². The minimum Gasteiger partial charge on any atom is -0.489 e. The molecule has 0 aliphatic rings. The second kappa shape index (κ2) is 9.33. The highest BCUT2D eigenvalue weighted by Crippen LogP contribution is 2.19. The Balaban J connectivity index is 1.95. The number of carbonyl (C=O) groups is 1. The Kier molecular flexibility index (Phi) is 6.85. The first-order chi connectivity index (χ1) is 12.1. The molecule has 0 aromatic heterocycles. The van der Waals surface area contributed by atoms with Gasteiger partial charge in [-0.1, -0.05) is 44.2 Å². The predicted molar refractivity (Wildman–Crippen MR) is 98.4 cm³/mol. The van der Waals surface area contributed by atoms with Crippen molar-refractivity contribution in [1.82, 2.24) is 5.32 Å². The van der Waals surface area contributed by atoms with Crippen molar-refractivity contribution in [1.29, 1.82) is 5.26 Å². The maximum Gasteiger partial charge on any atom is 0.319 e. The van der Waals surface area contributed by atoms with Crippen molar-refractivity contribution >= 4 is 11.7 Å². The number of hydrogen-bond acceptors (Lipinski definition) is 3. The number of ether oxygens (including phenoxy) is 1. The molecule has 2 N–H and O–H groups in total. The largest absolute Gasteiger partial charge is 0.489 e. The van der Waals surface area contributed by atoms with E-state index in [0.29, 0.717) is 25.5 Å². The fourth-order valence-corrected chi connectivity index (χ4v) is 2.19. The number of amides is 2. The van der Waals surface area contributed by atoms with Gasteiger partial charge in [0.1, 0.15) is 12.4 Å². The molecule has 0 aliphatic heterocycles. The second-order valence-electron chi connectivity index (χ2n) is 6.15. The van der Waals surface area contributed by atoms with E-state index in [1.807, 2.05) is 62.4 Å². The molecule has 0 saturated carbocycles. The number of urea groups is 1. The van der Waals surface area contributed by atoms with Crippen LogP contribution in [0.25, 0.3) is 0 Å². The molecule has 25 heavy (non-hydrogen) atoms. The summed E-state index contributed by atoms with van der Waals surface area (Å²) in [6, 6.07) is 16.9. The first kappa shape index (κ1) is 18.3. The summed E-state index contributed by atoms with van der Waals surface area (Å²) in [5, 5.41) is 14.4. The number of nitrogens with zero attached hydrogens (tertiary/aromatic N) is 1. The zero-order chi connectivity index (χ0) is 18.1. The maximum absolute atomic E-state index is 12.0. The van der Waals surface area contributed by atoms with Gasteiger partial charge in [-0.05, 0) is 29.7 Å². The van der Waals surface area contributed by atoms with Crippen LogP contribution in [-0.4, -0.2) is 12.6 Å². The summed E-state index contributed by atoms with van der Waals surface area (Å²) in [5.74, 6) is 1.12. The van der Waals surface area contributed by atoms with E-state index >= 15 is 0 Å². The smallest absolute Gasteiger partial charge is 0.319 e. The molecule has 0 saturated heterocycles. The average Bonchev–Trinajstić information content (AvgIpc) is 2.61. The van der Waals surface area contributed by atoms with E-state index in [9.17, 15) is 4.79 Å². The minimum atomic E-state index is -0.220. The van der Waals surface area contributed by atoms with Crippen LogP contribution in [-0.2, 0) is 13.0 Å². The van der Waals surface area contributed by atoms with E-state index in [1.54, 1.807) is 0 Å². The van der Waals surface area contributed by atoms with Gasteiger partial charge in [-0.3, -0.25) is 0 Å². The van der Waals surface area contributed by atoms with Gasteiger partial charge in [-0.15, -0.1) is 0 Å². The van der Waals surface area contributed by atoms with Crippen LogP contribution in [0.3, 0.4) is 0 Å². The molecular weight excluding hydrogens is 314 g/mol. The van der Waals surface area contributed by atoms with Gasteiger partial charge in [0, 0.05) is 17.8 Å². The van der Waals surface area contributed by atoms with Crippen molar-refractivity contribution in [3.05, 3.63) is 59.7 Å². The SMILES string of the molecule is CC(C)CNC(=O)Nc1ccccc1COc1ccc(CC#N)cc1. The van der Waals surface area contributed by atoms with Crippen molar-refractivity contribution in [2.45, 2.75) is 26.9 Å². The Morgan fingerprint density at radius 1 is 1.16 bits per heavy atom. The van der Waals surface area contributed by atoms with Gasteiger partial charge in [0.05, 0.1) is 12.5 Å². The number of benzene rings is 2. The predicted octanol–water partition coefficient (Wildman–Crippen LogP) is 4.11. The van der Waals surface area contributed by atoms with Crippen molar-refractivity contribution in [3.8, 4) is 11.8 Å². The van der Waals surface area contributed by atoms with E-state index in [-0.39, 0.29) is 6.03 Å². The highest BCUT2D eigenvalue weighted by Gasteiger charge is 2.07. The Morgan fingerprint density at radius 2 is 1.88 bits per heavy atom. The molecule has 0 radical (unpaired) electrons. The zero-order valence-electron chi connectivity index (χ0n) is 14.6. The third-order valence-corrected chi connectivity index (χ3v) is 3.54. The topological polar surface area (TPSA) is 74.2 Å².